The molecule has 0 saturated carbocycles. The molecule has 0 radical (unpaired) electrons. The van der Waals surface area contributed by atoms with Gasteiger partial charge in [0.25, 0.3) is 10.0 Å². The fourth-order valence-electron chi connectivity index (χ4n) is 3.78. The fourth-order valence-corrected chi connectivity index (χ4v) is 5.32. The number of aryl methyl sites for hydroxylation is 4. The summed E-state index contributed by atoms with van der Waals surface area (Å²) in [6.45, 7) is 9.53. The number of benzene rings is 3. The van der Waals surface area contributed by atoms with Crippen LogP contribution in [0.15, 0.2) is 65.6 Å². The highest BCUT2D eigenvalue weighted by molar-refractivity contribution is 7.92. The number of amides is 1. The first-order valence-electron chi connectivity index (χ1n) is 10.7. The minimum Gasteiger partial charge on any atom is -0.348 e. The normalized spacial score (nSPS) is 12.3. The Bertz CT molecular complexity index is 1270. The van der Waals surface area contributed by atoms with E-state index >= 15 is 0 Å². The standard InChI is InChI=1S/C26H29ClN2O3S/c1-17-7-6-8-23(13-17)29(33(31,32)24-11-9-22(27)10-12-24)16-26(30)28-21(5)25-15-19(3)18(2)14-20(25)4/h6-15,21H,16H2,1-5H3,(H,28,30)/t21-/m0/s1. The van der Waals surface area contributed by atoms with Crippen LogP contribution >= 0.6 is 11.6 Å². The minimum atomic E-state index is -3.99. The lowest BCUT2D eigenvalue weighted by Crippen LogP contribution is -2.41. The van der Waals surface area contributed by atoms with Crippen LogP contribution in [0.5, 0.6) is 0 Å². The van der Waals surface area contributed by atoms with E-state index < -0.39 is 10.0 Å². The van der Waals surface area contributed by atoms with E-state index in [4.69, 9.17) is 11.6 Å². The number of anilines is 1. The average Bonchev–Trinajstić information content (AvgIpc) is 2.74. The molecular weight excluding hydrogens is 456 g/mol. The van der Waals surface area contributed by atoms with E-state index in [1.807, 2.05) is 33.8 Å². The molecule has 3 aromatic rings. The Balaban J connectivity index is 1.91. The van der Waals surface area contributed by atoms with Gasteiger partial charge in [-0.25, -0.2) is 8.42 Å². The van der Waals surface area contributed by atoms with Crippen molar-refractivity contribution in [1.82, 2.24) is 5.32 Å². The third-order valence-electron chi connectivity index (χ3n) is 5.70. The summed E-state index contributed by atoms with van der Waals surface area (Å²) >= 11 is 5.94. The van der Waals surface area contributed by atoms with Gasteiger partial charge in [0.05, 0.1) is 16.6 Å². The molecule has 1 atom stereocenters. The number of halogens is 1. The van der Waals surface area contributed by atoms with E-state index in [9.17, 15) is 13.2 Å². The van der Waals surface area contributed by atoms with Gasteiger partial charge in [-0.05, 0) is 98.8 Å². The molecule has 5 nitrogen and oxygen atoms in total. The molecule has 0 aliphatic heterocycles. The van der Waals surface area contributed by atoms with Crippen molar-refractivity contribution < 1.29 is 13.2 Å². The maximum Gasteiger partial charge on any atom is 0.264 e. The molecule has 0 spiro atoms. The Labute approximate surface area is 201 Å². The molecule has 0 heterocycles. The lowest BCUT2D eigenvalue weighted by molar-refractivity contribution is -0.120. The van der Waals surface area contributed by atoms with E-state index in [1.165, 1.54) is 29.8 Å². The molecule has 0 unspecified atom stereocenters. The van der Waals surface area contributed by atoms with Crippen molar-refractivity contribution in [3.63, 3.8) is 0 Å². The summed E-state index contributed by atoms with van der Waals surface area (Å²) < 4.78 is 28.1. The molecule has 0 aromatic heterocycles. The maximum absolute atomic E-state index is 13.5. The van der Waals surface area contributed by atoms with Gasteiger partial charge < -0.3 is 5.32 Å². The van der Waals surface area contributed by atoms with Gasteiger partial charge in [-0.3, -0.25) is 9.10 Å². The van der Waals surface area contributed by atoms with Crippen molar-refractivity contribution in [2.24, 2.45) is 0 Å². The molecule has 174 valence electrons. The predicted octanol–water partition coefficient (Wildman–Crippen LogP) is 5.65. The van der Waals surface area contributed by atoms with Crippen molar-refractivity contribution in [3.05, 3.63) is 93.5 Å². The van der Waals surface area contributed by atoms with Gasteiger partial charge in [-0.15, -0.1) is 0 Å². The smallest absolute Gasteiger partial charge is 0.264 e. The van der Waals surface area contributed by atoms with Crippen LogP contribution in [0, 0.1) is 27.7 Å². The van der Waals surface area contributed by atoms with E-state index in [0.717, 1.165) is 26.6 Å². The second-order valence-electron chi connectivity index (χ2n) is 8.39. The van der Waals surface area contributed by atoms with Gasteiger partial charge in [0.1, 0.15) is 6.54 Å². The van der Waals surface area contributed by atoms with Crippen LogP contribution < -0.4 is 9.62 Å². The second-order valence-corrected chi connectivity index (χ2v) is 10.7. The van der Waals surface area contributed by atoms with E-state index in [-0.39, 0.29) is 23.4 Å². The minimum absolute atomic E-state index is 0.0688. The number of sulfonamides is 1. The second kappa shape index (κ2) is 9.98. The van der Waals surface area contributed by atoms with Gasteiger partial charge in [-0.2, -0.15) is 0 Å². The molecule has 0 aliphatic carbocycles. The highest BCUT2D eigenvalue weighted by Crippen LogP contribution is 2.26. The van der Waals surface area contributed by atoms with Gasteiger partial charge in [0, 0.05) is 5.02 Å². The number of carbonyl (C=O) groups is 1. The zero-order valence-corrected chi connectivity index (χ0v) is 21.1. The maximum atomic E-state index is 13.5. The number of nitrogens with one attached hydrogen (secondary N) is 1. The molecule has 3 rings (SSSR count). The number of hydrogen-bond donors (Lipinski definition) is 1. The van der Waals surface area contributed by atoms with Gasteiger partial charge in [0.2, 0.25) is 5.91 Å². The molecule has 7 heteroatoms. The topological polar surface area (TPSA) is 66.5 Å². The lowest BCUT2D eigenvalue weighted by atomic mass is 9.96. The number of rotatable bonds is 7. The molecule has 1 amide bonds. The van der Waals surface area contributed by atoms with Gasteiger partial charge in [0.15, 0.2) is 0 Å². The number of hydrogen-bond acceptors (Lipinski definition) is 3. The molecular formula is C26H29ClN2O3S. The Morgan fingerprint density at radius 2 is 1.58 bits per heavy atom. The Morgan fingerprint density at radius 3 is 2.21 bits per heavy atom. The average molecular weight is 485 g/mol. The van der Waals surface area contributed by atoms with Crippen molar-refractivity contribution in [1.29, 1.82) is 0 Å². The summed E-state index contributed by atoms with van der Waals surface area (Å²) in [5, 5.41) is 3.40. The van der Waals surface area contributed by atoms with Crippen molar-refractivity contribution in [2.75, 3.05) is 10.8 Å². The van der Waals surface area contributed by atoms with Gasteiger partial charge in [-0.1, -0.05) is 35.9 Å². The van der Waals surface area contributed by atoms with Crippen molar-refractivity contribution >= 4 is 33.2 Å². The van der Waals surface area contributed by atoms with Crippen molar-refractivity contribution in [2.45, 2.75) is 45.6 Å². The fraction of sp³-hybridized carbons (Fsp3) is 0.269. The number of carbonyl (C=O) groups excluding carboxylic acids is 1. The summed E-state index contributed by atoms with van der Waals surface area (Å²) in [5.74, 6) is -0.390. The van der Waals surface area contributed by atoms with E-state index in [2.05, 4.69) is 24.4 Å². The van der Waals surface area contributed by atoms with Crippen LogP contribution in [0.3, 0.4) is 0 Å². The summed E-state index contributed by atoms with van der Waals surface area (Å²) in [6.07, 6.45) is 0. The summed E-state index contributed by atoms with van der Waals surface area (Å²) in [6, 6.07) is 16.9. The van der Waals surface area contributed by atoms with Crippen LogP contribution in [-0.4, -0.2) is 20.9 Å². The van der Waals surface area contributed by atoms with Gasteiger partial charge >= 0.3 is 0 Å². The molecule has 0 bridgehead atoms. The number of nitrogens with zero attached hydrogens (tertiary/aromatic N) is 1. The third-order valence-corrected chi connectivity index (χ3v) is 7.74. The molecule has 33 heavy (non-hydrogen) atoms. The highest BCUT2D eigenvalue weighted by atomic mass is 35.5. The van der Waals surface area contributed by atoms with Crippen LogP contribution in [-0.2, 0) is 14.8 Å². The van der Waals surface area contributed by atoms with Crippen LogP contribution in [0.4, 0.5) is 5.69 Å². The van der Waals surface area contributed by atoms with Crippen LogP contribution in [0.2, 0.25) is 5.02 Å². The SMILES string of the molecule is Cc1cccc(N(CC(=O)N[C@@H](C)c2cc(C)c(C)cc2C)S(=O)(=O)c2ccc(Cl)cc2)c1. The highest BCUT2D eigenvalue weighted by Gasteiger charge is 2.28. The molecule has 0 fully saturated rings. The molecule has 1 N–H and O–H groups in total. The van der Waals surface area contributed by atoms with E-state index in [0.29, 0.717) is 10.7 Å². The zero-order chi connectivity index (χ0) is 24.3. The molecule has 3 aromatic carbocycles. The van der Waals surface area contributed by atoms with Crippen LogP contribution in [0.25, 0.3) is 0 Å². The zero-order valence-electron chi connectivity index (χ0n) is 19.5. The molecule has 0 saturated heterocycles. The Kier molecular flexibility index (Phi) is 7.50. The summed E-state index contributed by atoms with van der Waals surface area (Å²) in [5.41, 5.74) is 5.74. The van der Waals surface area contributed by atoms with E-state index in [1.54, 1.807) is 18.2 Å². The lowest BCUT2D eigenvalue weighted by Gasteiger charge is -2.26. The van der Waals surface area contributed by atoms with Crippen LogP contribution in [0.1, 0.15) is 40.8 Å². The third kappa shape index (κ3) is 5.75. The largest absolute Gasteiger partial charge is 0.348 e. The monoisotopic (exact) mass is 484 g/mol. The summed E-state index contributed by atoms with van der Waals surface area (Å²) in [4.78, 5) is 13.1. The molecule has 0 aliphatic rings. The predicted molar refractivity (Wildman–Crippen MR) is 134 cm³/mol. The first-order chi connectivity index (χ1) is 15.5. The Hall–Kier alpha value is -2.83. The quantitative estimate of drug-likeness (QED) is 0.471. The van der Waals surface area contributed by atoms with Crippen molar-refractivity contribution in [3.8, 4) is 0 Å². The Morgan fingerprint density at radius 1 is 0.939 bits per heavy atom. The summed E-state index contributed by atoms with van der Waals surface area (Å²) in [7, 11) is -3.99. The first-order valence-corrected chi connectivity index (χ1v) is 12.5. The first kappa shape index (κ1) is 24.8.